The predicted molar refractivity (Wildman–Crippen MR) is 134 cm³/mol. The number of hydrogen-bond donors (Lipinski definition) is 2. The van der Waals surface area contributed by atoms with E-state index in [0.717, 1.165) is 75.0 Å². The van der Waals surface area contributed by atoms with Crippen molar-refractivity contribution in [1.82, 2.24) is 15.1 Å². The number of rotatable bonds is 6. The third kappa shape index (κ3) is 8.27. The molecule has 0 radical (unpaired) electrons. The number of hydrogen-bond acceptors (Lipinski definition) is 5. The Balaban J connectivity index is 1.65. The molecule has 1 aromatic carbocycles. The van der Waals surface area contributed by atoms with Gasteiger partial charge in [0, 0.05) is 50.8 Å². The van der Waals surface area contributed by atoms with Gasteiger partial charge in [0.25, 0.3) is 0 Å². The molecule has 1 fully saturated rings. The number of carbonyl (C=O) groups is 2. The summed E-state index contributed by atoms with van der Waals surface area (Å²) in [5.41, 5.74) is 2.21. The first-order chi connectivity index (χ1) is 16.5. The van der Waals surface area contributed by atoms with Gasteiger partial charge in [0.15, 0.2) is 0 Å². The molecular weight excluding hydrogens is 430 g/mol. The second-order valence-corrected chi connectivity index (χ2v) is 10.0. The summed E-state index contributed by atoms with van der Waals surface area (Å²) in [5, 5.41) is 12.2. The van der Waals surface area contributed by atoms with Crippen molar-refractivity contribution in [3.8, 4) is 5.75 Å². The summed E-state index contributed by atoms with van der Waals surface area (Å²) in [5.74, 6) is 1.70. The quantitative estimate of drug-likeness (QED) is 0.663. The van der Waals surface area contributed by atoms with Crippen LogP contribution in [-0.4, -0.2) is 72.2 Å². The first kappa shape index (κ1) is 26.5. The van der Waals surface area contributed by atoms with Crippen LogP contribution in [0.5, 0.6) is 5.75 Å². The van der Waals surface area contributed by atoms with Gasteiger partial charge in [0.05, 0.1) is 13.2 Å². The lowest BCUT2D eigenvalue weighted by molar-refractivity contribution is -0.132. The summed E-state index contributed by atoms with van der Waals surface area (Å²) < 4.78 is 6.14. The van der Waals surface area contributed by atoms with Crippen molar-refractivity contribution in [1.29, 1.82) is 0 Å². The topological polar surface area (TPSA) is 82.1 Å². The molecule has 0 aromatic heterocycles. The SMILES string of the molecule is CC(C)N1CC(=O)NCCCCCOc2ccc(CCC(=O)N3CCC(CCO)CC3)cc2C1. The Hall–Kier alpha value is -2.12. The maximum atomic E-state index is 12.8. The van der Waals surface area contributed by atoms with Crippen LogP contribution in [0, 0.1) is 5.92 Å². The number of nitrogens with zero attached hydrogens (tertiary/aromatic N) is 2. The minimum atomic E-state index is 0.0694. The molecule has 0 unspecified atom stereocenters. The summed E-state index contributed by atoms with van der Waals surface area (Å²) in [4.78, 5) is 29.4. The smallest absolute Gasteiger partial charge is 0.234 e. The molecule has 190 valence electrons. The van der Waals surface area contributed by atoms with E-state index < -0.39 is 0 Å². The molecule has 7 heteroatoms. The van der Waals surface area contributed by atoms with Crippen LogP contribution < -0.4 is 10.1 Å². The van der Waals surface area contributed by atoms with Gasteiger partial charge in [0.1, 0.15) is 5.75 Å². The molecule has 3 rings (SSSR count). The molecule has 2 aliphatic rings. The van der Waals surface area contributed by atoms with Crippen LogP contribution in [0.4, 0.5) is 0 Å². The van der Waals surface area contributed by atoms with Gasteiger partial charge in [-0.3, -0.25) is 14.5 Å². The van der Waals surface area contributed by atoms with Crippen LogP contribution in [0.3, 0.4) is 0 Å². The third-order valence-electron chi connectivity index (χ3n) is 7.11. The molecule has 0 bridgehead atoms. The molecule has 1 saturated heterocycles. The lowest BCUT2D eigenvalue weighted by atomic mass is 9.93. The number of nitrogens with one attached hydrogen (secondary N) is 1. The van der Waals surface area contributed by atoms with E-state index in [2.05, 4.69) is 36.2 Å². The van der Waals surface area contributed by atoms with Gasteiger partial charge in [0.2, 0.25) is 11.8 Å². The van der Waals surface area contributed by atoms with Gasteiger partial charge in [-0.25, -0.2) is 0 Å². The minimum Gasteiger partial charge on any atom is -0.493 e. The molecule has 2 amide bonds. The summed E-state index contributed by atoms with van der Waals surface area (Å²) in [7, 11) is 0. The van der Waals surface area contributed by atoms with Gasteiger partial charge in [-0.2, -0.15) is 0 Å². The molecular formula is C27H43N3O4. The fourth-order valence-electron chi connectivity index (χ4n) is 4.81. The lowest BCUT2D eigenvalue weighted by Gasteiger charge is -2.32. The number of aliphatic hydroxyl groups excluding tert-OH is 1. The Bertz CT molecular complexity index is 790. The molecule has 7 nitrogen and oxygen atoms in total. The molecule has 34 heavy (non-hydrogen) atoms. The number of likely N-dealkylation sites (tertiary alicyclic amines) is 1. The van der Waals surface area contributed by atoms with Crippen molar-refractivity contribution in [2.45, 2.75) is 77.8 Å². The maximum absolute atomic E-state index is 12.8. The normalized spacial score (nSPS) is 19.4. The number of ether oxygens (including phenoxy) is 1. The second-order valence-electron chi connectivity index (χ2n) is 10.0. The molecule has 0 saturated carbocycles. The van der Waals surface area contributed by atoms with E-state index >= 15 is 0 Å². The third-order valence-corrected chi connectivity index (χ3v) is 7.11. The molecule has 2 N–H and O–H groups in total. The van der Waals surface area contributed by atoms with E-state index in [1.165, 1.54) is 0 Å². The van der Waals surface area contributed by atoms with Crippen molar-refractivity contribution in [3.63, 3.8) is 0 Å². The average molecular weight is 474 g/mol. The number of aliphatic hydroxyl groups is 1. The van der Waals surface area contributed by atoms with Crippen molar-refractivity contribution < 1.29 is 19.4 Å². The highest BCUT2D eigenvalue weighted by Gasteiger charge is 2.22. The number of piperidine rings is 1. The number of benzene rings is 1. The number of fused-ring (bicyclic) bond motifs is 1. The van der Waals surface area contributed by atoms with Crippen LogP contribution in [-0.2, 0) is 22.6 Å². The van der Waals surface area contributed by atoms with Crippen molar-refractivity contribution >= 4 is 11.8 Å². The van der Waals surface area contributed by atoms with Crippen LogP contribution in [0.2, 0.25) is 0 Å². The summed E-state index contributed by atoms with van der Waals surface area (Å²) >= 11 is 0. The molecule has 0 atom stereocenters. The highest BCUT2D eigenvalue weighted by molar-refractivity contribution is 5.78. The zero-order chi connectivity index (χ0) is 24.3. The van der Waals surface area contributed by atoms with Gasteiger partial charge < -0.3 is 20.1 Å². The number of carbonyl (C=O) groups excluding carboxylic acids is 2. The summed E-state index contributed by atoms with van der Waals surface area (Å²) in [6, 6.07) is 6.49. The van der Waals surface area contributed by atoms with Crippen molar-refractivity contribution in [2.24, 2.45) is 5.92 Å². The summed E-state index contributed by atoms with van der Waals surface area (Å²) in [6.45, 7) is 8.45. The highest BCUT2D eigenvalue weighted by atomic mass is 16.5. The van der Waals surface area contributed by atoms with Gasteiger partial charge in [-0.05, 0) is 76.3 Å². The first-order valence-corrected chi connectivity index (χ1v) is 13.1. The summed E-state index contributed by atoms with van der Waals surface area (Å²) in [6.07, 6.45) is 6.98. The zero-order valence-electron chi connectivity index (χ0n) is 21.1. The van der Waals surface area contributed by atoms with Gasteiger partial charge >= 0.3 is 0 Å². The second kappa shape index (κ2) is 13.7. The van der Waals surface area contributed by atoms with E-state index in [9.17, 15) is 9.59 Å². The van der Waals surface area contributed by atoms with Gasteiger partial charge in [-0.1, -0.05) is 12.1 Å². The van der Waals surface area contributed by atoms with Crippen LogP contribution in [0.25, 0.3) is 0 Å². The Kier molecular flexibility index (Phi) is 10.7. The number of aryl methyl sites for hydroxylation is 1. The molecule has 0 spiro atoms. The lowest BCUT2D eigenvalue weighted by Crippen LogP contribution is -2.40. The first-order valence-electron chi connectivity index (χ1n) is 13.1. The van der Waals surface area contributed by atoms with Crippen LogP contribution >= 0.6 is 0 Å². The monoisotopic (exact) mass is 473 g/mol. The molecule has 0 aliphatic carbocycles. The Morgan fingerprint density at radius 1 is 1.18 bits per heavy atom. The van der Waals surface area contributed by atoms with E-state index in [4.69, 9.17) is 9.84 Å². The Morgan fingerprint density at radius 3 is 2.71 bits per heavy atom. The molecule has 2 heterocycles. The van der Waals surface area contributed by atoms with Crippen LogP contribution in [0.15, 0.2) is 18.2 Å². The largest absolute Gasteiger partial charge is 0.493 e. The van der Waals surface area contributed by atoms with E-state index in [0.29, 0.717) is 38.5 Å². The highest BCUT2D eigenvalue weighted by Crippen LogP contribution is 2.25. The number of amides is 2. The fraction of sp³-hybridized carbons (Fsp3) is 0.704. The standard InChI is InChI=1S/C27H43N3O4/c1-21(2)30-19-24-18-23(7-9-27(33)29-14-10-22(11-15-29)12-16-31)6-8-25(24)34-17-5-3-4-13-28-26(32)20-30/h6,8,18,21-22,31H,3-5,7,9-17,19-20H2,1-2H3,(H,28,32). The predicted octanol–water partition coefficient (Wildman–Crippen LogP) is 3.13. The average Bonchev–Trinajstić information content (AvgIpc) is 2.84. The van der Waals surface area contributed by atoms with E-state index in [1.54, 1.807) is 0 Å². The van der Waals surface area contributed by atoms with E-state index in [-0.39, 0.29) is 24.5 Å². The van der Waals surface area contributed by atoms with Crippen molar-refractivity contribution in [2.75, 3.05) is 39.4 Å². The zero-order valence-corrected chi connectivity index (χ0v) is 21.1. The van der Waals surface area contributed by atoms with Gasteiger partial charge in [-0.15, -0.1) is 0 Å². The Labute approximate surface area is 204 Å². The van der Waals surface area contributed by atoms with E-state index in [1.807, 2.05) is 11.0 Å². The minimum absolute atomic E-state index is 0.0694. The molecule has 1 aromatic rings. The fourth-order valence-corrected chi connectivity index (χ4v) is 4.81. The van der Waals surface area contributed by atoms with Crippen molar-refractivity contribution in [3.05, 3.63) is 29.3 Å². The Morgan fingerprint density at radius 2 is 1.97 bits per heavy atom. The maximum Gasteiger partial charge on any atom is 0.234 e. The van der Waals surface area contributed by atoms with Crippen LogP contribution in [0.1, 0.15) is 69.9 Å². The molecule has 2 aliphatic heterocycles.